The van der Waals surface area contributed by atoms with E-state index in [0.717, 1.165) is 36.4 Å². The molecule has 0 fully saturated rings. The molecule has 196 valence electrons. The molecule has 0 aliphatic rings. The number of benzene rings is 4. The van der Waals surface area contributed by atoms with Crippen LogP contribution in [0.25, 0.3) is 0 Å². The number of ether oxygens (including phenoxy) is 1. The van der Waals surface area contributed by atoms with Gasteiger partial charge >= 0.3 is 0 Å². The summed E-state index contributed by atoms with van der Waals surface area (Å²) >= 11 is 0. The van der Waals surface area contributed by atoms with Crippen molar-refractivity contribution in [2.24, 2.45) is 4.99 Å². The highest BCUT2D eigenvalue weighted by molar-refractivity contribution is 7.49. The van der Waals surface area contributed by atoms with Gasteiger partial charge in [-0.05, 0) is 68.2 Å². The highest BCUT2D eigenvalue weighted by atomic mass is 31.1. The molecule has 2 atom stereocenters. The maximum atomic E-state index is 6.54. The van der Waals surface area contributed by atoms with E-state index in [4.69, 9.17) is 9.73 Å². The van der Waals surface area contributed by atoms with E-state index in [1.165, 1.54) is 33.1 Å². The fourth-order valence-corrected chi connectivity index (χ4v) is 7.20. The van der Waals surface area contributed by atoms with Gasteiger partial charge in [0.2, 0.25) is 0 Å². The fourth-order valence-electron chi connectivity index (χ4n) is 5.16. The van der Waals surface area contributed by atoms with Gasteiger partial charge in [-0.25, -0.2) is 0 Å². The Morgan fingerprint density at radius 1 is 0.842 bits per heavy atom. The molecule has 0 saturated heterocycles. The van der Waals surface area contributed by atoms with Crippen molar-refractivity contribution in [1.82, 2.24) is 0 Å². The number of rotatable bonds is 11. The third-order valence-corrected chi connectivity index (χ3v) is 9.51. The summed E-state index contributed by atoms with van der Waals surface area (Å²) in [6.07, 6.45) is 3.27. The summed E-state index contributed by atoms with van der Waals surface area (Å²) in [5, 5.41) is 1.40. The summed E-state index contributed by atoms with van der Waals surface area (Å²) in [5.41, 5.74) is 8.44. The van der Waals surface area contributed by atoms with Gasteiger partial charge in [0.25, 0.3) is 0 Å². The van der Waals surface area contributed by atoms with Crippen molar-refractivity contribution in [3.63, 3.8) is 0 Å². The minimum absolute atomic E-state index is 0.0132. The molecule has 0 radical (unpaired) electrons. The Hall–Kier alpha value is -3.22. The summed E-state index contributed by atoms with van der Waals surface area (Å²) in [4.78, 5) is 5.00. The predicted octanol–water partition coefficient (Wildman–Crippen LogP) is 9.43. The van der Waals surface area contributed by atoms with E-state index in [2.05, 4.69) is 107 Å². The van der Waals surface area contributed by atoms with Crippen LogP contribution in [0.1, 0.15) is 67.9 Å². The van der Waals surface area contributed by atoms with Gasteiger partial charge in [0.15, 0.2) is 0 Å². The molecule has 0 aromatic heterocycles. The van der Waals surface area contributed by atoms with Crippen molar-refractivity contribution in [3.05, 3.63) is 125 Å². The molecular weight excluding hydrogens is 481 g/mol. The minimum atomic E-state index is -0.0132. The summed E-state index contributed by atoms with van der Waals surface area (Å²) < 4.78 is 6.54. The fraction of sp³-hybridized carbons (Fsp3) is 0.286. The molecule has 0 heterocycles. The smallest absolute Gasteiger partial charge is 0.123 e. The first-order chi connectivity index (χ1) is 18.5. The second kappa shape index (κ2) is 13.0. The Kier molecular flexibility index (Phi) is 9.53. The number of hydrogen-bond acceptors (Lipinski definition) is 2. The van der Waals surface area contributed by atoms with Gasteiger partial charge in [-0.1, -0.05) is 113 Å². The highest BCUT2D eigenvalue weighted by Crippen LogP contribution is 2.52. The lowest BCUT2D eigenvalue weighted by Gasteiger charge is -2.36. The Bertz CT molecular complexity index is 1360. The summed E-state index contributed by atoms with van der Waals surface area (Å²) in [6.45, 7) is 11.8. The van der Waals surface area contributed by atoms with Crippen LogP contribution >= 0.6 is 8.58 Å². The van der Waals surface area contributed by atoms with E-state index in [9.17, 15) is 0 Å². The first-order valence-corrected chi connectivity index (χ1v) is 14.7. The van der Waals surface area contributed by atoms with Gasteiger partial charge in [-0.2, -0.15) is 0 Å². The first-order valence-electron chi connectivity index (χ1n) is 13.7. The van der Waals surface area contributed by atoms with Crippen molar-refractivity contribution < 1.29 is 4.74 Å². The Morgan fingerprint density at radius 2 is 1.55 bits per heavy atom. The van der Waals surface area contributed by atoms with Crippen LogP contribution in [0, 0.1) is 13.8 Å². The molecule has 0 N–H and O–H groups in total. The standard InChI is InChI=1S/C35H40NOP/c1-6-23-35(7-2,32-24-26(3)21-22-33(32)37-25-29-16-10-8-11-17-29)38-34-27(4)15-14-20-31(34)28(5)36-30-18-12-9-13-19-30/h8-22,24,38H,6-7,23,25H2,1-5H3/b36-28+. The molecule has 4 rings (SSSR count). The summed E-state index contributed by atoms with van der Waals surface area (Å²) in [5.74, 6) is 1.01. The van der Waals surface area contributed by atoms with Gasteiger partial charge in [0.1, 0.15) is 12.4 Å². The zero-order chi connectivity index (χ0) is 27.0. The largest absolute Gasteiger partial charge is 0.489 e. The van der Waals surface area contributed by atoms with Crippen molar-refractivity contribution in [1.29, 1.82) is 0 Å². The molecule has 4 aromatic carbocycles. The van der Waals surface area contributed by atoms with Crippen LogP contribution in [0.2, 0.25) is 0 Å². The van der Waals surface area contributed by atoms with Crippen molar-refractivity contribution in [2.45, 2.75) is 65.6 Å². The molecule has 38 heavy (non-hydrogen) atoms. The Balaban J connectivity index is 1.77. The van der Waals surface area contributed by atoms with Crippen LogP contribution in [0.5, 0.6) is 5.75 Å². The molecule has 0 saturated carbocycles. The number of nitrogens with zero attached hydrogens (tertiary/aromatic N) is 1. The third kappa shape index (κ3) is 6.61. The molecule has 0 aliphatic carbocycles. The van der Waals surface area contributed by atoms with E-state index in [1.807, 2.05) is 24.3 Å². The van der Waals surface area contributed by atoms with Gasteiger partial charge in [-0.3, -0.25) is 4.99 Å². The first kappa shape index (κ1) is 27.8. The average molecular weight is 522 g/mol. The molecule has 2 nitrogen and oxygen atoms in total. The molecular formula is C35H40NOP. The molecule has 3 heteroatoms. The minimum Gasteiger partial charge on any atom is -0.489 e. The van der Waals surface area contributed by atoms with E-state index < -0.39 is 0 Å². The SMILES string of the molecule is CCCC(CC)(Pc1c(C)cccc1/C(C)=N/c1ccccc1)c1cc(C)ccc1OCc1ccccc1. The van der Waals surface area contributed by atoms with Crippen molar-refractivity contribution >= 4 is 25.3 Å². The number of aryl methyl sites for hydroxylation is 2. The van der Waals surface area contributed by atoms with E-state index in [-0.39, 0.29) is 5.16 Å². The second-order valence-corrected chi connectivity index (χ2v) is 11.8. The molecule has 0 aliphatic heterocycles. The molecule has 4 aromatic rings. The average Bonchev–Trinajstić information content (AvgIpc) is 2.94. The Morgan fingerprint density at radius 3 is 2.24 bits per heavy atom. The van der Waals surface area contributed by atoms with E-state index in [1.54, 1.807) is 0 Å². The van der Waals surface area contributed by atoms with E-state index >= 15 is 0 Å². The lowest BCUT2D eigenvalue weighted by atomic mass is 9.89. The number of aliphatic imine (C=N–C) groups is 1. The van der Waals surface area contributed by atoms with Crippen LogP contribution in [0.3, 0.4) is 0 Å². The Labute approximate surface area is 231 Å². The third-order valence-electron chi connectivity index (χ3n) is 7.25. The van der Waals surface area contributed by atoms with Crippen LogP contribution < -0.4 is 10.0 Å². The van der Waals surface area contributed by atoms with Gasteiger partial charge in [0, 0.05) is 22.0 Å². The van der Waals surface area contributed by atoms with Crippen LogP contribution in [0.4, 0.5) is 5.69 Å². The monoisotopic (exact) mass is 521 g/mol. The summed E-state index contributed by atoms with van der Waals surface area (Å²) in [7, 11) is 0.604. The molecule has 0 spiro atoms. The zero-order valence-corrected chi connectivity index (χ0v) is 24.4. The number of hydrogen-bond donors (Lipinski definition) is 0. The normalized spacial score (nSPS) is 13.6. The van der Waals surface area contributed by atoms with Gasteiger partial charge < -0.3 is 4.74 Å². The lowest BCUT2D eigenvalue weighted by Crippen LogP contribution is -2.26. The van der Waals surface area contributed by atoms with Gasteiger partial charge in [0.05, 0.1) is 5.69 Å². The summed E-state index contributed by atoms with van der Waals surface area (Å²) in [6, 6.07) is 34.1. The van der Waals surface area contributed by atoms with Crippen LogP contribution in [-0.4, -0.2) is 5.71 Å². The van der Waals surface area contributed by atoms with Crippen molar-refractivity contribution in [2.75, 3.05) is 0 Å². The molecule has 0 amide bonds. The highest BCUT2D eigenvalue weighted by Gasteiger charge is 2.34. The zero-order valence-electron chi connectivity index (χ0n) is 23.4. The molecule has 2 unspecified atom stereocenters. The quantitative estimate of drug-likeness (QED) is 0.142. The van der Waals surface area contributed by atoms with Crippen molar-refractivity contribution in [3.8, 4) is 5.75 Å². The maximum Gasteiger partial charge on any atom is 0.123 e. The predicted molar refractivity (Wildman–Crippen MR) is 166 cm³/mol. The second-order valence-electron chi connectivity index (χ2n) is 10.1. The maximum absolute atomic E-state index is 6.54. The van der Waals surface area contributed by atoms with Crippen LogP contribution in [-0.2, 0) is 11.8 Å². The van der Waals surface area contributed by atoms with Gasteiger partial charge in [-0.15, -0.1) is 0 Å². The lowest BCUT2D eigenvalue weighted by molar-refractivity contribution is 0.298. The number of para-hydroxylation sites is 1. The van der Waals surface area contributed by atoms with E-state index in [0.29, 0.717) is 15.2 Å². The topological polar surface area (TPSA) is 21.6 Å². The van der Waals surface area contributed by atoms with Crippen LogP contribution in [0.15, 0.2) is 102 Å². The molecule has 0 bridgehead atoms.